The molecule has 28 heavy (non-hydrogen) atoms. The van der Waals surface area contributed by atoms with Gasteiger partial charge in [0.15, 0.2) is 17.6 Å². The van der Waals surface area contributed by atoms with Crippen LogP contribution in [0.1, 0.15) is 11.1 Å². The maximum absolute atomic E-state index is 12.5. The van der Waals surface area contributed by atoms with E-state index in [9.17, 15) is 4.79 Å². The largest absolute Gasteiger partial charge is 0.486 e. The van der Waals surface area contributed by atoms with Gasteiger partial charge in [-0.2, -0.15) is 4.98 Å². The van der Waals surface area contributed by atoms with Gasteiger partial charge in [-0.1, -0.05) is 35.9 Å². The Morgan fingerprint density at radius 3 is 2.93 bits per heavy atom. The van der Waals surface area contributed by atoms with E-state index < -0.39 is 0 Å². The molecule has 0 aliphatic carbocycles. The molecule has 5 rings (SSSR count). The smallest absolute Gasteiger partial charge is 0.351 e. The number of para-hydroxylation sites is 2. The highest BCUT2D eigenvalue weighted by Crippen LogP contribution is 2.32. The highest BCUT2D eigenvalue weighted by atomic mass is 16.6. The summed E-state index contributed by atoms with van der Waals surface area (Å²) in [5.74, 6) is 1.74. The van der Waals surface area contributed by atoms with Gasteiger partial charge in [0.1, 0.15) is 13.2 Å². The van der Waals surface area contributed by atoms with Gasteiger partial charge in [-0.15, -0.1) is 0 Å². The molecule has 142 valence electrons. The van der Waals surface area contributed by atoms with E-state index in [0.29, 0.717) is 24.8 Å². The van der Waals surface area contributed by atoms with Crippen LogP contribution in [-0.4, -0.2) is 28.9 Å². The average Bonchev–Trinajstić information content (AvgIpc) is 2.71. The number of hydrogen-bond acceptors (Lipinski definition) is 5. The second-order valence-electron chi connectivity index (χ2n) is 7.13. The Morgan fingerprint density at radius 2 is 2.04 bits per heavy atom. The van der Waals surface area contributed by atoms with Gasteiger partial charge in [0.25, 0.3) is 0 Å². The molecular weight excluding hydrogens is 356 g/mol. The fraction of sp³-hybridized carbons (Fsp3) is 0.273. The predicted octanol–water partition coefficient (Wildman–Crippen LogP) is 2.99. The molecule has 1 aromatic heterocycles. The van der Waals surface area contributed by atoms with E-state index in [0.717, 1.165) is 23.4 Å². The Kier molecular flexibility index (Phi) is 4.04. The molecule has 2 aliphatic heterocycles. The summed E-state index contributed by atoms with van der Waals surface area (Å²) in [5.41, 5.74) is 4.09. The van der Waals surface area contributed by atoms with Crippen LogP contribution in [-0.2, 0) is 13.0 Å². The summed E-state index contributed by atoms with van der Waals surface area (Å²) in [5, 5.41) is 0. The lowest BCUT2D eigenvalue weighted by atomic mass is 9.96. The first kappa shape index (κ1) is 16.9. The first-order valence-corrected chi connectivity index (χ1v) is 9.40. The third kappa shape index (κ3) is 3.01. The highest BCUT2D eigenvalue weighted by Gasteiger charge is 2.23. The quantitative estimate of drug-likeness (QED) is 0.703. The van der Waals surface area contributed by atoms with E-state index in [1.165, 1.54) is 11.1 Å². The third-order valence-corrected chi connectivity index (χ3v) is 5.11. The van der Waals surface area contributed by atoms with E-state index in [2.05, 4.69) is 30.1 Å². The molecule has 0 bridgehead atoms. The van der Waals surface area contributed by atoms with Crippen LogP contribution in [0, 0.1) is 6.92 Å². The van der Waals surface area contributed by atoms with Crippen molar-refractivity contribution < 1.29 is 14.2 Å². The van der Waals surface area contributed by atoms with Gasteiger partial charge in [-0.05, 0) is 31.0 Å². The summed E-state index contributed by atoms with van der Waals surface area (Å²) < 4.78 is 19.1. The van der Waals surface area contributed by atoms with Gasteiger partial charge in [0.2, 0.25) is 5.88 Å². The molecule has 0 saturated carbocycles. The van der Waals surface area contributed by atoms with E-state index in [1.807, 2.05) is 30.3 Å². The number of aromatic nitrogens is 2. The van der Waals surface area contributed by atoms with Crippen molar-refractivity contribution in [3.63, 3.8) is 0 Å². The van der Waals surface area contributed by atoms with Crippen molar-refractivity contribution in [2.45, 2.75) is 26.0 Å². The van der Waals surface area contributed by atoms with Crippen molar-refractivity contribution in [3.05, 3.63) is 70.1 Å². The van der Waals surface area contributed by atoms with Gasteiger partial charge in [-0.25, -0.2) is 4.79 Å². The molecule has 1 unspecified atom stereocenters. The minimum absolute atomic E-state index is 0.255. The van der Waals surface area contributed by atoms with Gasteiger partial charge in [0, 0.05) is 18.2 Å². The number of benzene rings is 2. The molecule has 0 spiro atoms. The Labute approximate surface area is 162 Å². The fourth-order valence-electron chi connectivity index (χ4n) is 3.73. The molecule has 6 nitrogen and oxygen atoms in total. The van der Waals surface area contributed by atoms with Crippen LogP contribution in [0.5, 0.6) is 17.4 Å². The standard InChI is InChI=1S/C22H20N2O4/c1-14-6-7-17-15(10-14)8-9-24-18(17)11-21(23-22(24)25)27-13-16-12-26-19-4-2-3-5-20(19)28-16/h2-7,10-11,16H,8-9,12-13H2,1H3. The van der Waals surface area contributed by atoms with Crippen molar-refractivity contribution >= 4 is 0 Å². The van der Waals surface area contributed by atoms with Crippen LogP contribution in [0.2, 0.25) is 0 Å². The van der Waals surface area contributed by atoms with Crippen LogP contribution < -0.4 is 19.9 Å². The zero-order chi connectivity index (χ0) is 19.1. The average molecular weight is 376 g/mol. The second kappa shape index (κ2) is 6.71. The summed E-state index contributed by atoms with van der Waals surface area (Å²) in [6.07, 6.45) is 0.573. The molecule has 0 radical (unpaired) electrons. The van der Waals surface area contributed by atoms with Crippen LogP contribution in [0.3, 0.4) is 0 Å². The maximum Gasteiger partial charge on any atom is 0.351 e. The summed E-state index contributed by atoms with van der Waals surface area (Å²) in [6.45, 7) is 3.36. The Bertz CT molecular complexity index is 1110. The number of hydrogen-bond donors (Lipinski definition) is 0. The molecule has 0 amide bonds. The number of aryl methyl sites for hydroxylation is 2. The zero-order valence-corrected chi connectivity index (χ0v) is 15.6. The first-order chi connectivity index (χ1) is 13.7. The van der Waals surface area contributed by atoms with Crippen molar-refractivity contribution in [3.8, 4) is 28.6 Å². The van der Waals surface area contributed by atoms with Gasteiger partial charge in [0.05, 0.1) is 5.69 Å². The van der Waals surface area contributed by atoms with E-state index in [1.54, 1.807) is 4.57 Å². The zero-order valence-electron chi connectivity index (χ0n) is 15.6. The lowest BCUT2D eigenvalue weighted by Crippen LogP contribution is -2.35. The molecule has 0 saturated heterocycles. The van der Waals surface area contributed by atoms with Gasteiger partial charge >= 0.3 is 5.69 Å². The Hall–Kier alpha value is -3.28. The minimum Gasteiger partial charge on any atom is -0.486 e. The van der Waals surface area contributed by atoms with Crippen LogP contribution >= 0.6 is 0 Å². The van der Waals surface area contributed by atoms with Crippen LogP contribution in [0.4, 0.5) is 0 Å². The number of fused-ring (bicyclic) bond motifs is 4. The SMILES string of the molecule is Cc1ccc2c(c1)CCn1c-2cc(OCC2COc3ccccc3O2)nc1=O. The lowest BCUT2D eigenvalue weighted by molar-refractivity contribution is 0.0520. The van der Waals surface area contributed by atoms with Crippen LogP contribution in [0.25, 0.3) is 11.3 Å². The molecule has 3 aromatic rings. The maximum atomic E-state index is 12.5. The van der Waals surface area contributed by atoms with Crippen molar-refractivity contribution in [2.24, 2.45) is 0 Å². The Balaban J connectivity index is 1.38. The number of ether oxygens (including phenoxy) is 3. The molecular formula is C22H20N2O4. The molecule has 0 N–H and O–H groups in total. The highest BCUT2D eigenvalue weighted by molar-refractivity contribution is 5.67. The minimum atomic E-state index is -0.287. The summed E-state index contributed by atoms with van der Waals surface area (Å²) in [4.78, 5) is 16.6. The monoisotopic (exact) mass is 376 g/mol. The predicted molar refractivity (Wildman–Crippen MR) is 104 cm³/mol. The first-order valence-electron chi connectivity index (χ1n) is 9.40. The van der Waals surface area contributed by atoms with Crippen LogP contribution in [0.15, 0.2) is 53.3 Å². The normalized spacial score (nSPS) is 16.8. The second-order valence-corrected chi connectivity index (χ2v) is 7.13. The topological polar surface area (TPSA) is 62.6 Å². The number of rotatable bonds is 3. The van der Waals surface area contributed by atoms with Crippen molar-refractivity contribution in [1.82, 2.24) is 9.55 Å². The molecule has 0 fully saturated rings. The van der Waals surface area contributed by atoms with Crippen molar-refractivity contribution in [2.75, 3.05) is 13.2 Å². The van der Waals surface area contributed by atoms with Gasteiger partial charge in [-0.3, -0.25) is 4.57 Å². The van der Waals surface area contributed by atoms with E-state index in [-0.39, 0.29) is 18.4 Å². The Morgan fingerprint density at radius 1 is 1.18 bits per heavy atom. The number of nitrogens with zero attached hydrogens (tertiary/aromatic N) is 2. The fourth-order valence-corrected chi connectivity index (χ4v) is 3.73. The van der Waals surface area contributed by atoms with E-state index in [4.69, 9.17) is 14.2 Å². The molecule has 2 aromatic carbocycles. The molecule has 3 heterocycles. The van der Waals surface area contributed by atoms with Crippen molar-refractivity contribution in [1.29, 1.82) is 0 Å². The molecule has 6 heteroatoms. The molecule has 2 aliphatic rings. The summed E-state index contributed by atoms with van der Waals surface area (Å²) in [6, 6.07) is 15.7. The third-order valence-electron chi connectivity index (χ3n) is 5.11. The molecule has 1 atom stereocenters. The summed E-state index contributed by atoms with van der Waals surface area (Å²) in [7, 11) is 0. The van der Waals surface area contributed by atoms with E-state index >= 15 is 0 Å². The summed E-state index contributed by atoms with van der Waals surface area (Å²) >= 11 is 0. The van der Waals surface area contributed by atoms with Gasteiger partial charge < -0.3 is 14.2 Å². The lowest BCUT2D eigenvalue weighted by Gasteiger charge is -2.26.